The topological polar surface area (TPSA) is 58.2 Å². The summed E-state index contributed by atoms with van der Waals surface area (Å²) in [6.07, 6.45) is 2.18. The summed E-state index contributed by atoms with van der Waals surface area (Å²) in [5.74, 6) is -0.274. The highest BCUT2D eigenvalue weighted by atomic mass is 79.9. The molecule has 4 nitrogen and oxygen atoms in total. The van der Waals surface area contributed by atoms with E-state index in [9.17, 15) is 9.59 Å². The van der Waals surface area contributed by atoms with Crippen LogP contribution in [-0.4, -0.2) is 24.3 Å². The van der Waals surface area contributed by atoms with Crippen LogP contribution in [0.15, 0.2) is 10.7 Å². The van der Waals surface area contributed by atoms with Crippen LogP contribution in [0.1, 0.15) is 6.42 Å². The predicted molar refractivity (Wildman–Crippen MR) is 50.1 cm³/mol. The van der Waals surface area contributed by atoms with Gasteiger partial charge >= 0.3 is 0 Å². The number of hydrogen-bond donors (Lipinski definition) is 2. The van der Waals surface area contributed by atoms with Crippen molar-refractivity contribution in [2.24, 2.45) is 5.92 Å². The number of carbonyl (C=O) groups excluding carboxylic acids is 2. The number of hydrogen-bond acceptors (Lipinski definition) is 3. The van der Waals surface area contributed by atoms with Crippen LogP contribution in [0.4, 0.5) is 0 Å². The van der Waals surface area contributed by atoms with Gasteiger partial charge in [0.05, 0.1) is 10.5 Å². The molecule has 0 radical (unpaired) electrons. The third kappa shape index (κ3) is 1.48. The Hall–Kier alpha value is -0.840. The predicted octanol–water partition coefficient (Wildman–Crippen LogP) is -0.100. The molecule has 2 rings (SSSR count). The van der Waals surface area contributed by atoms with E-state index in [0.717, 1.165) is 4.61 Å². The molecule has 1 fully saturated rings. The van der Waals surface area contributed by atoms with E-state index in [1.807, 2.05) is 0 Å². The summed E-state index contributed by atoms with van der Waals surface area (Å²) in [6, 6.07) is -0.413. The highest BCUT2D eigenvalue weighted by molar-refractivity contribution is 9.11. The minimum absolute atomic E-state index is 0.0958. The molecule has 0 aromatic heterocycles. The van der Waals surface area contributed by atoms with Crippen LogP contribution in [0.3, 0.4) is 0 Å². The number of Topliss-reactive ketones (excluding diaryl/α,β-unsaturated/α-hetero) is 1. The average Bonchev–Trinajstić information content (AvgIpc) is 2.41. The smallest absolute Gasteiger partial charge is 0.243 e. The van der Waals surface area contributed by atoms with E-state index in [-0.39, 0.29) is 17.6 Å². The molecule has 1 amide bonds. The van der Waals surface area contributed by atoms with Crippen LogP contribution in [0.5, 0.6) is 0 Å². The number of ketones is 1. The molecule has 1 saturated heterocycles. The zero-order chi connectivity index (χ0) is 9.42. The van der Waals surface area contributed by atoms with E-state index < -0.39 is 6.04 Å². The molecule has 2 aliphatic rings. The largest absolute Gasteiger partial charge is 0.367 e. The van der Waals surface area contributed by atoms with Crippen LogP contribution in [0.2, 0.25) is 0 Å². The zero-order valence-electron chi connectivity index (χ0n) is 6.84. The van der Waals surface area contributed by atoms with Crippen molar-refractivity contribution in [3.63, 3.8) is 0 Å². The summed E-state index contributed by atoms with van der Waals surface area (Å²) < 4.78 is 0.730. The molecular weight excluding hydrogens is 236 g/mol. The van der Waals surface area contributed by atoms with Gasteiger partial charge in [-0.1, -0.05) is 0 Å². The monoisotopic (exact) mass is 244 g/mol. The molecule has 70 valence electrons. The third-order valence-electron chi connectivity index (χ3n) is 2.30. The second-order valence-electron chi connectivity index (χ2n) is 3.17. The average molecular weight is 245 g/mol. The van der Waals surface area contributed by atoms with Crippen LogP contribution in [0.25, 0.3) is 0 Å². The van der Waals surface area contributed by atoms with Crippen molar-refractivity contribution in [2.45, 2.75) is 12.5 Å². The Morgan fingerprint density at radius 2 is 2.23 bits per heavy atom. The maximum atomic E-state index is 11.5. The van der Waals surface area contributed by atoms with E-state index >= 15 is 0 Å². The maximum Gasteiger partial charge on any atom is 0.243 e. The van der Waals surface area contributed by atoms with E-state index in [4.69, 9.17) is 0 Å². The van der Waals surface area contributed by atoms with Crippen molar-refractivity contribution in [1.82, 2.24) is 10.6 Å². The lowest BCUT2D eigenvalue weighted by molar-refractivity contribution is -0.126. The Morgan fingerprint density at radius 3 is 3.00 bits per heavy atom. The first-order valence-corrected chi connectivity index (χ1v) is 4.92. The van der Waals surface area contributed by atoms with E-state index in [0.29, 0.717) is 13.0 Å². The summed E-state index contributed by atoms with van der Waals surface area (Å²) in [5, 5.41) is 5.61. The molecule has 2 N–H and O–H groups in total. The fourth-order valence-corrected chi connectivity index (χ4v) is 2.16. The Bertz CT molecular complexity index is 301. The lowest BCUT2D eigenvalue weighted by Crippen LogP contribution is -2.43. The molecule has 0 saturated carbocycles. The van der Waals surface area contributed by atoms with Gasteiger partial charge in [0.15, 0.2) is 0 Å². The molecular formula is C8H9BrN2O2. The Balaban J connectivity index is 2.27. The van der Waals surface area contributed by atoms with E-state index in [1.54, 1.807) is 6.08 Å². The number of carbonyl (C=O) groups is 2. The molecule has 2 heterocycles. The van der Waals surface area contributed by atoms with Crippen LogP contribution in [0, 0.1) is 5.92 Å². The maximum absolute atomic E-state index is 11.5. The van der Waals surface area contributed by atoms with Gasteiger partial charge in [0.2, 0.25) is 5.91 Å². The van der Waals surface area contributed by atoms with Crippen molar-refractivity contribution < 1.29 is 9.59 Å². The molecule has 2 aliphatic heterocycles. The quantitative estimate of drug-likeness (QED) is 0.586. The fourth-order valence-electron chi connectivity index (χ4n) is 1.63. The second kappa shape index (κ2) is 3.14. The summed E-state index contributed by atoms with van der Waals surface area (Å²) in [6.45, 7) is 0.456. The number of nitrogens with one attached hydrogen (secondary N) is 2. The molecule has 5 heteroatoms. The van der Waals surface area contributed by atoms with E-state index in [2.05, 4.69) is 26.6 Å². The molecule has 13 heavy (non-hydrogen) atoms. The normalized spacial score (nSPS) is 32.8. The minimum atomic E-state index is -0.413. The molecule has 0 aliphatic carbocycles. The fraction of sp³-hybridized carbons (Fsp3) is 0.500. The SMILES string of the molecule is O=C1CCNC(=O)C2NC(Br)=CC12. The van der Waals surface area contributed by atoms with Crippen molar-refractivity contribution in [3.8, 4) is 0 Å². The first kappa shape index (κ1) is 8.74. The van der Waals surface area contributed by atoms with Gasteiger partial charge in [-0.05, 0) is 22.0 Å². The summed E-state index contributed by atoms with van der Waals surface area (Å²) in [5.41, 5.74) is 0. The molecule has 2 atom stereocenters. The van der Waals surface area contributed by atoms with Gasteiger partial charge in [0.25, 0.3) is 0 Å². The number of fused-ring (bicyclic) bond motifs is 1. The third-order valence-corrected chi connectivity index (χ3v) is 2.80. The highest BCUT2D eigenvalue weighted by Crippen LogP contribution is 2.24. The van der Waals surface area contributed by atoms with Gasteiger partial charge in [0.1, 0.15) is 11.8 Å². The lowest BCUT2D eigenvalue weighted by atomic mass is 9.97. The minimum Gasteiger partial charge on any atom is -0.367 e. The number of amides is 1. The standard InChI is InChI=1S/C8H9BrN2O2/c9-6-3-4-5(12)1-2-10-8(13)7(4)11-6/h3-4,7,11H,1-2H2,(H,10,13). The zero-order valence-corrected chi connectivity index (χ0v) is 8.43. The molecule has 0 bridgehead atoms. The molecule has 0 aromatic rings. The van der Waals surface area contributed by atoms with Gasteiger partial charge < -0.3 is 10.6 Å². The van der Waals surface area contributed by atoms with Gasteiger partial charge in [-0.15, -0.1) is 0 Å². The highest BCUT2D eigenvalue weighted by Gasteiger charge is 2.38. The van der Waals surface area contributed by atoms with Crippen LogP contribution < -0.4 is 10.6 Å². The Morgan fingerprint density at radius 1 is 1.46 bits per heavy atom. The van der Waals surface area contributed by atoms with Crippen molar-refractivity contribution in [3.05, 3.63) is 10.7 Å². The Kier molecular flexibility index (Phi) is 2.11. The van der Waals surface area contributed by atoms with Crippen molar-refractivity contribution in [1.29, 1.82) is 0 Å². The molecule has 0 aromatic carbocycles. The van der Waals surface area contributed by atoms with E-state index in [1.165, 1.54) is 0 Å². The molecule has 2 unspecified atom stereocenters. The number of halogens is 1. The number of rotatable bonds is 0. The van der Waals surface area contributed by atoms with Crippen molar-refractivity contribution in [2.75, 3.05) is 6.54 Å². The summed E-state index contributed by atoms with van der Waals surface area (Å²) in [4.78, 5) is 22.9. The van der Waals surface area contributed by atoms with Gasteiger partial charge in [0, 0.05) is 13.0 Å². The van der Waals surface area contributed by atoms with Crippen LogP contribution in [-0.2, 0) is 9.59 Å². The second-order valence-corrected chi connectivity index (χ2v) is 4.02. The first-order chi connectivity index (χ1) is 6.18. The van der Waals surface area contributed by atoms with Gasteiger partial charge in [-0.3, -0.25) is 9.59 Å². The Labute approximate surface area is 83.9 Å². The lowest BCUT2D eigenvalue weighted by Gasteiger charge is -2.13. The summed E-state index contributed by atoms with van der Waals surface area (Å²) in [7, 11) is 0. The summed E-state index contributed by atoms with van der Waals surface area (Å²) >= 11 is 3.23. The molecule has 0 spiro atoms. The van der Waals surface area contributed by atoms with Crippen LogP contribution >= 0.6 is 15.9 Å². The van der Waals surface area contributed by atoms with Gasteiger partial charge in [-0.2, -0.15) is 0 Å². The van der Waals surface area contributed by atoms with Gasteiger partial charge in [-0.25, -0.2) is 0 Å². The van der Waals surface area contributed by atoms with Crippen molar-refractivity contribution >= 4 is 27.6 Å². The first-order valence-electron chi connectivity index (χ1n) is 4.13.